The van der Waals surface area contributed by atoms with Gasteiger partial charge in [0.05, 0.1) is 11.6 Å². The number of nitrogens with one attached hydrogen (secondary N) is 1. The number of cyclic esters (lactones) is 1. The summed E-state index contributed by atoms with van der Waals surface area (Å²) in [5.41, 5.74) is 0.852. The predicted octanol–water partition coefficient (Wildman–Crippen LogP) is 7.52. The minimum atomic E-state index is -1.14. The molecule has 266 valence electrons. The van der Waals surface area contributed by atoms with Gasteiger partial charge in [-0.05, 0) is 101 Å². The molecule has 2 fully saturated rings. The van der Waals surface area contributed by atoms with Crippen molar-refractivity contribution in [1.29, 1.82) is 0 Å². The van der Waals surface area contributed by atoms with Gasteiger partial charge < -0.3 is 19.9 Å². The van der Waals surface area contributed by atoms with Gasteiger partial charge in [-0.3, -0.25) is 14.5 Å². The number of ether oxygens (including phenoxy) is 2. The molecule has 0 bridgehead atoms. The Labute approximate surface area is 285 Å². The Balaban J connectivity index is 0.000000691. The summed E-state index contributed by atoms with van der Waals surface area (Å²) >= 11 is 0. The summed E-state index contributed by atoms with van der Waals surface area (Å²) in [6.45, 7) is 21.6. The van der Waals surface area contributed by atoms with Crippen LogP contribution in [-0.4, -0.2) is 76.4 Å². The molecule has 47 heavy (non-hydrogen) atoms. The third kappa shape index (κ3) is 12.1. The molecule has 9 nitrogen and oxygen atoms in total. The molecule has 1 aromatic heterocycles. The molecule has 0 radical (unpaired) electrons. The summed E-state index contributed by atoms with van der Waals surface area (Å²) in [7, 11) is 0. The number of rotatable bonds is 7. The molecule has 2 N–H and O–H groups in total. The number of nitrogens with zero attached hydrogens (tertiary/aromatic N) is 3. The lowest BCUT2D eigenvalue weighted by Crippen LogP contribution is -2.44. The van der Waals surface area contributed by atoms with E-state index in [4.69, 9.17) is 14.6 Å². The van der Waals surface area contributed by atoms with Gasteiger partial charge >= 0.3 is 5.97 Å². The van der Waals surface area contributed by atoms with Gasteiger partial charge in [0.1, 0.15) is 18.3 Å². The molecule has 0 spiro atoms. The van der Waals surface area contributed by atoms with Gasteiger partial charge in [0, 0.05) is 50.2 Å². The van der Waals surface area contributed by atoms with Crippen LogP contribution < -0.4 is 5.32 Å². The highest BCUT2D eigenvalue weighted by molar-refractivity contribution is 6.03. The van der Waals surface area contributed by atoms with Crippen molar-refractivity contribution in [2.75, 3.05) is 31.6 Å². The second kappa shape index (κ2) is 17.7. The Kier molecular flexibility index (Phi) is 14.6. The lowest BCUT2D eigenvalue weighted by atomic mass is 9.72. The molecule has 2 aliphatic rings. The summed E-state index contributed by atoms with van der Waals surface area (Å²) in [6.07, 6.45) is 9.69. The minimum absolute atomic E-state index is 0. The Morgan fingerprint density at radius 2 is 1.81 bits per heavy atom. The number of carbonyl (C=O) groups excluding carboxylic acids is 2. The van der Waals surface area contributed by atoms with E-state index in [1.54, 1.807) is 20.2 Å². The van der Waals surface area contributed by atoms with E-state index in [1.807, 2.05) is 32.2 Å². The SMILES string of the molecule is CCCN1C[C@H](C)CC(C)(C)C[C@@H](C)C(=O)C(C)(C)C(=O)OC[C@H]1CCCNc1ccc2ncncc2c1.C[C@H]1C[C@@H](C)O[C@@H](O)C1.[HH]. The fraction of sp³-hybridized carbons (Fsp3) is 0.737. The number of esters is 1. The summed E-state index contributed by atoms with van der Waals surface area (Å²) in [5, 5.41) is 13.6. The Morgan fingerprint density at radius 1 is 1.06 bits per heavy atom. The molecule has 2 aliphatic heterocycles. The van der Waals surface area contributed by atoms with Crippen molar-refractivity contribution in [1.82, 2.24) is 14.9 Å². The van der Waals surface area contributed by atoms with Gasteiger partial charge in [-0.1, -0.05) is 41.5 Å². The molecule has 1 aromatic carbocycles. The van der Waals surface area contributed by atoms with E-state index in [0.29, 0.717) is 18.4 Å². The first-order valence-electron chi connectivity index (χ1n) is 17.8. The third-order valence-corrected chi connectivity index (χ3v) is 9.59. The second-order valence-electron chi connectivity index (χ2n) is 15.7. The van der Waals surface area contributed by atoms with Crippen LogP contribution in [0.25, 0.3) is 10.9 Å². The monoisotopic (exact) mass is 656 g/mol. The third-order valence-electron chi connectivity index (χ3n) is 9.59. The number of hydrogen-bond donors (Lipinski definition) is 2. The minimum Gasteiger partial charge on any atom is -0.463 e. The van der Waals surface area contributed by atoms with Crippen molar-refractivity contribution in [2.45, 2.75) is 126 Å². The predicted molar refractivity (Wildman–Crippen MR) is 191 cm³/mol. The lowest BCUT2D eigenvalue weighted by Gasteiger charge is -2.36. The molecule has 4 rings (SSSR count). The van der Waals surface area contributed by atoms with Crippen LogP contribution in [0.1, 0.15) is 109 Å². The fourth-order valence-corrected chi connectivity index (χ4v) is 7.61. The molecule has 2 saturated heterocycles. The van der Waals surface area contributed by atoms with Gasteiger partial charge in [0.25, 0.3) is 0 Å². The van der Waals surface area contributed by atoms with Crippen LogP contribution in [-0.2, 0) is 19.1 Å². The maximum Gasteiger partial charge on any atom is 0.319 e. The first-order chi connectivity index (χ1) is 22.1. The van der Waals surface area contributed by atoms with Gasteiger partial charge in [-0.15, -0.1) is 0 Å². The Bertz CT molecular complexity index is 1270. The van der Waals surface area contributed by atoms with Crippen molar-refractivity contribution in [3.05, 3.63) is 30.7 Å². The van der Waals surface area contributed by atoms with E-state index in [-0.39, 0.29) is 30.7 Å². The highest BCUT2D eigenvalue weighted by Gasteiger charge is 2.42. The van der Waals surface area contributed by atoms with E-state index in [2.05, 4.69) is 60.9 Å². The highest BCUT2D eigenvalue weighted by Crippen LogP contribution is 2.37. The normalized spacial score (nSPS) is 29.0. The topological polar surface area (TPSA) is 114 Å². The van der Waals surface area contributed by atoms with Crippen molar-refractivity contribution in [3.8, 4) is 0 Å². The average Bonchev–Trinajstić information content (AvgIpc) is 2.98. The number of anilines is 1. The van der Waals surface area contributed by atoms with Crippen LogP contribution in [0.4, 0.5) is 5.69 Å². The van der Waals surface area contributed by atoms with E-state index < -0.39 is 17.7 Å². The van der Waals surface area contributed by atoms with Crippen molar-refractivity contribution >= 4 is 28.3 Å². The van der Waals surface area contributed by atoms with Crippen LogP contribution in [0.3, 0.4) is 0 Å². The second-order valence-corrected chi connectivity index (χ2v) is 15.7. The van der Waals surface area contributed by atoms with Gasteiger partial charge in [-0.25, -0.2) is 9.97 Å². The van der Waals surface area contributed by atoms with Crippen molar-refractivity contribution in [2.24, 2.45) is 28.6 Å². The quantitative estimate of drug-likeness (QED) is 0.177. The fourth-order valence-electron chi connectivity index (χ4n) is 7.61. The highest BCUT2D eigenvalue weighted by atomic mass is 16.6. The number of aliphatic hydroxyl groups excluding tert-OH is 1. The lowest BCUT2D eigenvalue weighted by molar-refractivity contribution is -0.169. The number of ketones is 1. The zero-order valence-corrected chi connectivity index (χ0v) is 30.6. The molecule has 2 aromatic rings. The largest absolute Gasteiger partial charge is 0.463 e. The van der Waals surface area contributed by atoms with Crippen molar-refractivity contribution < 1.29 is 25.6 Å². The maximum atomic E-state index is 13.3. The van der Waals surface area contributed by atoms with Crippen molar-refractivity contribution in [3.63, 3.8) is 0 Å². The van der Waals surface area contributed by atoms with Crippen LogP contribution >= 0.6 is 0 Å². The van der Waals surface area contributed by atoms with Crippen LogP contribution in [0.5, 0.6) is 0 Å². The first kappa shape index (κ1) is 38.8. The summed E-state index contributed by atoms with van der Waals surface area (Å²) < 4.78 is 11.0. The average molecular weight is 657 g/mol. The molecule has 6 atom stereocenters. The molecular formula is C38H64N4O5. The summed E-state index contributed by atoms with van der Waals surface area (Å²) in [4.78, 5) is 37.4. The van der Waals surface area contributed by atoms with E-state index in [1.165, 1.54) is 0 Å². The maximum absolute atomic E-state index is 13.3. The number of carbonyl (C=O) groups is 2. The number of benzene rings is 1. The smallest absolute Gasteiger partial charge is 0.319 e. The summed E-state index contributed by atoms with van der Waals surface area (Å²) in [6, 6.07) is 6.23. The standard InChI is InChI=1S/C31H48N4O3.C7H14O2.H2/c1-8-14-35-19-22(2)16-30(4,5)17-23(3)28(36)31(6,7)29(37)38-20-26(35)10-9-13-33-25-11-12-27-24(15-25)18-32-21-34-27;1-5-3-6(2)9-7(8)4-5;/h11-12,15,18,21-23,26,33H,8-10,13-14,16-17,19-20H2,1-7H3;5-8H,3-4H2,1-2H3;1H/t22-,23-,26-;5-,6+,7+;/m10./s1. The zero-order valence-electron chi connectivity index (χ0n) is 30.6. The molecule has 9 heteroatoms. The number of fused-ring (bicyclic) bond motifs is 1. The Hall–Kier alpha value is -2.62. The number of Topliss-reactive ketones (excluding diaryl/α,β-unsaturated/α-hetero) is 1. The molecule has 0 amide bonds. The van der Waals surface area contributed by atoms with E-state index in [0.717, 1.165) is 81.2 Å². The zero-order chi connectivity index (χ0) is 34.8. The van der Waals surface area contributed by atoms with Crippen LogP contribution in [0.15, 0.2) is 30.7 Å². The van der Waals surface area contributed by atoms with Gasteiger partial charge in [0.15, 0.2) is 12.1 Å². The molecule has 0 aliphatic carbocycles. The first-order valence-corrected chi connectivity index (χ1v) is 17.8. The number of hydrogen-bond acceptors (Lipinski definition) is 9. The number of aromatic nitrogens is 2. The summed E-state index contributed by atoms with van der Waals surface area (Å²) in [5.74, 6) is 0.482. The van der Waals surface area contributed by atoms with E-state index >= 15 is 0 Å². The molecule has 0 saturated carbocycles. The molecular weight excluding hydrogens is 592 g/mol. The van der Waals surface area contributed by atoms with E-state index in [9.17, 15) is 9.59 Å². The van der Waals surface area contributed by atoms with Crippen LogP contribution in [0.2, 0.25) is 0 Å². The number of aliphatic hydroxyl groups is 1. The molecule has 3 heterocycles. The van der Waals surface area contributed by atoms with Crippen LogP contribution in [0, 0.1) is 28.6 Å². The van der Waals surface area contributed by atoms with Gasteiger partial charge in [-0.2, -0.15) is 0 Å². The Morgan fingerprint density at radius 3 is 2.49 bits per heavy atom. The molecule has 0 unspecified atom stereocenters. The van der Waals surface area contributed by atoms with Gasteiger partial charge in [0.2, 0.25) is 0 Å².